The summed E-state index contributed by atoms with van der Waals surface area (Å²) in [4.78, 5) is 0. The number of nitrogens with zero attached hydrogens (tertiary/aromatic N) is 1. The minimum atomic E-state index is 0.887. The van der Waals surface area contributed by atoms with Crippen LogP contribution in [0.1, 0.15) is 30.0 Å². The Morgan fingerprint density at radius 1 is 1.00 bits per heavy atom. The van der Waals surface area contributed by atoms with Gasteiger partial charge in [0.2, 0.25) is 0 Å². The van der Waals surface area contributed by atoms with Crippen LogP contribution in [-0.4, -0.2) is 6.54 Å². The molecule has 0 saturated heterocycles. The van der Waals surface area contributed by atoms with Crippen molar-refractivity contribution in [2.24, 2.45) is 0 Å². The molecule has 3 rings (SSSR count). The first kappa shape index (κ1) is 13.2. The zero-order valence-electron chi connectivity index (χ0n) is 12.1. The number of para-hydroxylation sites is 1. The van der Waals surface area contributed by atoms with Gasteiger partial charge < -0.3 is 5.01 Å². The second kappa shape index (κ2) is 6.10. The highest BCUT2D eigenvalue weighted by molar-refractivity contribution is 5.54. The van der Waals surface area contributed by atoms with Gasteiger partial charge in [0.05, 0.1) is 5.69 Å². The van der Waals surface area contributed by atoms with Gasteiger partial charge in [-0.3, -0.25) is 0 Å². The Hall–Kier alpha value is -1.80. The van der Waals surface area contributed by atoms with Crippen LogP contribution in [0.3, 0.4) is 0 Å². The highest BCUT2D eigenvalue weighted by Crippen LogP contribution is 2.25. The first-order valence-electron chi connectivity index (χ1n) is 7.53. The van der Waals surface area contributed by atoms with Gasteiger partial charge in [0.1, 0.15) is 0 Å². The second-order valence-corrected chi connectivity index (χ2v) is 5.39. The molecule has 0 unspecified atom stereocenters. The van der Waals surface area contributed by atoms with Crippen molar-refractivity contribution in [3.05, 3.63) is 65.2 Å². The molecular weight excluding hydrogens is 244 g/mol. The molecule has 20 heavy (non-hydrogen) atoms. The van der Waals surface area contributed by atoms with Crippen molar-refractivity contribution >= 4 is 5.69 Å². The fourth-order valence-corrected chi connectivity index (χ4v) is 2.78. The van der Waals surface area contributed by atoms with Gasteiger partial charge in [0, 0.05) is 13.1 Å². The maximum Gasteiger partial charge on any atom is 0.0551 e. The number of anilines is 1. The predicted octanol–water partition coefficient (Wildman–Crippen LogP) is 3.71. The number of hydrogen-bond donors (Lipinski definition) is 1. The molecule has 2 nitrogen and oxygen atoms in total. The summed E-state index contributed by atoms with van der Waals surface area (Å²) in [5, 5.41) is 2.30. The van der Waals surface area contributed by atoms with E-state index in [4.69, 9.17) is 0 Å². The van der Waals surface area contributed by atoms with E-state index in [0.29, 0.717) is 0 Å². The molecular formula is C18H22N2. The lowest BCUT2D eigenvalue weighted by Gasteiger charge is -2.31. The largest absolute Gasteiger partial charge is 0.308 e. The highest BCUT2D eigenvalue weighted by Gasteiger charge is 2.15. The minimum absolute atomic E-state index is 0.887. The molecule has 104 valence electrons. The van der Waals surface area contributed by atoms with Gasteiger partial charge >= 0.3 is 0 Å². The molecule has 0 fully saturated rings. The highest BCUT2D eigenvalue weighted by atomic mass is 15.5. The summed E-state index contributed by atoms with van der Waals surface area (Å²) < 4.78 is 0. The molecule has 2 aromatic carbocycles. The summed E-state index contributed by atoms with van der Waals surface area (Å²) in [6, 6.07) is 17.6. The molecule has 2 aromatic rings. The Morgan fingerprint density at radius 2 is 1.75 bits per heavy atom. The average molecular weight is 266 g/mol. The number of fused-ring (bicyclic) bond motifs is 1. The summed E-state index contributed by atoms with van der Waals surface area (Å²) in [5.41, 5.74) is 9.09. The van der Waals surface area contributed by atoms with Crippen molar-refractivity contribution in [2.75, 3.05) is 11.6 Å². The zero-order valence-corrected chi connectivity index (χ0v) is 12.1. The van der Waals surface area contributed by atoms with Crippen molar-refractivity contribution in [1.29, 1.82) is 0 Å². The summed E-state index contributed by atoms with van der Waals surface area (Å²) in [7, 11) is 0. The molecule has 0 aromatic heterocycles. The van der Waals surface area contributed by atoms with Crippen molar-refractivity contribution in [3.8, 4) is 0 Å². The Balaban J connectivity index is 1.66. The molecule has 0 atom stereocenters. The Labute approximate surface area is 121 Å². The van der Waals surface area contributed by atoms with E-state index in [9.17, 15) is 0 Å². The molecule has 1 heterocycles. The Kier molecular flexibility index (Phi) is 4.03. The third kappa shape index (κ3) is 2.86. The lowest BCUT2D eigenvalue weighted by atomic mass is 10.0. The van der Waals surface area contributed by atoms with E-state index in [1.165, 1.54) is 35.2 Å². The number of rotatable bonds is 4. The number of aryl methyl sites for hydroxylation is 2. The number of hydrogen-bond acceptors (Lipinski definition) is 2. The summed E-state index contributed by atoms with van der Waals surface area (Å²) >= 11 is 0. The lowest BCUT2D eigenvalue weighted by molar-refractivity contribution is 0.580. The first-order valence-corrected chi connectivity index (χ1v) is 7.53. The van der Waals surface area contributed by atoms with E-state index in [-0.39, 0.29) is 0 Å². The van der Waals surface area contributed by atoms with E-state index in [1.54, 1.807) is 0 Å². The monoisotopic (exact) mass is 266 g/mol. The Morgan fingerprint density at radius 3 is 2.55 bits per heavy atom. The maximum absolute atomic E-state index is 3.56. The van der Waals surface area contributed by atoms with E-state index < -0.39 is 0 Å². The molecule has 2 heteroatoms. The van der Waals surface area contributed by atoms with Crippen LogP contribution in [0.4, 0.5) is 5.69 Å². The topological polar surface area (TPSA) is 15.3 Å². The normalized spacial score (nSPS) is 14.2. The van der Waals surface area contributed by atoms with E-state index in [1.807, 2.05) is 0 Å². The van der Waals surface area contributed by atoms with E-state index >= 15 is 0 Å². The van der Waals surface area contributed by atoms with Crippen LogP contribution in [0.2, 0.25) is 0 Å². The maximum atomic E-state index is 3.56. The lowest BCUT2D eigenvalue weighted by Crippen LogP contribution is -2.41. The quantitative estimate of drug-likeness (QED) is 0.907. The van der Waals surface area contributed by atoms with Crippen LogP contribution in [0.25, 0.3) is 0 Å². The third-order valence-electron chi connectivity index (χ3n) is 4.02. The van der Waals surface area contributed by atoms with E-state index in [2.05, 4.69) is 65.9 Å². The molecule has 0 saturated carbocycles. The SMILES string of the molecule is CCc1ccc(CNN2CCCc3ccccc32)cc1. The van der Waals surface area contributed by atoms with Crippen LogP contribution in [-0.2, 0) is 19.4 Å². The van der Waals surface area contributed by atoms with Gasteiger partial charge in [-0.05, 0) is 42.0 Å². The van der Waals surface area contributed by atoms with Crippen LogP contribution < -0.4 is 10.4 Å². The van der Waals surface area contributed by atoms with Gasteiger partial charge in [0.25, 0.3) is 0 Å². The van der Waals surface area contributed by atoms with Crippen LogP contribution in [0, 0.1) is 0 Å². The molecule has 0 bridgehead atoms. The molecule has 1 aliphatic rings. The Bertz CT molecular complexity index is 560. The van der Waals surface area contributed by atoms with Crippen LogP contribution >= 0.6 is 0 Å². The standard InChI is InChI=1S/C18H22N2/c1-2-15-9-11-16(12-10-15)14-19-20-13-5-7-17-6-3-4-8-18(17)20/h3-4,6,8-12,19H,2,5,7,13-14H2,1H3. The van der Waals surface area contributed by atoms with Crippen LogP contribution in [0.5, 0.6) is 0 Å². The number of hydrazine groups is 1. The summed E-state index contributed by atoms with van der Waals surface area (Å²) in [6.45, 7) is 4.17. The van der Waals surface area contributed by atoms with Gasteiger partial charge in [-0.15, -0.1) is 0 Å². The third-order valence-corrected chi connectivity index (χ3v) is 4.02. The summed E-state index contributed by atoms with van der Waals surface area (Å²) in [5.74, 6) is 0. The number of nitrogens with one attached hydrogen (secondary N) is 1. The van der Waals surface area contributed by atoms with Crippen molar-refractivity contribution < 1.29 is 0 Å². The molecule has 0 spiro atoms. The van der Waals surface area contributed by atoms with Crippen molar-refractivity contribution in [3.63, 3.8) is 0 Å². The number of benzene rings is 2. The molecule has 0 amide bonds. The second-order valence-electron chi connectivity index (χ2n) is 5.39. The van der Waals surface area contributed by atoms with Crippen LogP contribution in [0.15, 0.2) is 48.5 Å². The average Bonchev–Trinajstić information content (AvgIpc) is 2.53. The van der Waals surface area contributed by atoms with E-state index in [0.717, 1.165) is 19.5 Å². The molecule has 1 N–H and O–H groups in total. The van der Waals surface area contributed by atoms with Gasteiger partial charge in [-0.25, -0.2) is 5.43 Å². The predicted molar refractivity (Wildman–Crippen MR) is 84.8 cm³/mol. The first-order chi connectivity index (χ1) is 9.86. The van der Waals surface area contributed by atoms with Gasteiger partial charge in [-0.1, -0.05) is 49.4 Å². The fourth-order valence-electron chi connectivity index (χ4n) is 2.78. The van der Waals surface area contributed by atoms with Crippen molar-refractivity contribution in [1.82, 2.24) is 5.43 Å². The van der Waals surface area contributed by atoms with Gasteiger partial charge in [-0.2, -0.15) is 0 Å². The summed E-state index contributed by atoms with van der Waals surface area (Å²) in [6.07, 6.45) is 3.52. The molecule has 1 aliphatic heterocycles. The molecule has 0 radical (unpaired) electrons. The van der Waals surface area contributed by atoms with Crippen molar-refractivity contribution in [2.45, 2.75) is 32.7 Å². The fraction of sp³-hybridized carbons (Fsp3) is 0.333. The smallest absolute Gasteiger partial charge is 0.0551 e. The van der Waals surface area contributed by atoms with Gasteiger partial charge in [0.15, 0.2) is 0 Å². The zero-order chi connectivity index (χ0) is 13.8. The minimum Gasteiger partial charge on any atom is -0.308 e. The molecule has 0 aliphatic carbocycles.